The molecule has 0 bridgehead atoms. The van der Waals surface area contributed by atoms with Crippen LogP contribution in [0.2, 0.25) is 0 Å². The lowest BCUT2D eigenvalue weighted by Crippen LogP contribution is -2.36. The van der Waals surface area contributed by atoms with Gasteiger partial charge in [-0.3, -0.25) is 9.58 Å². The highest BCUT2D eigenvalue weighted by molar-refractivity contribution is 5.22. The topological polar surface area (TPSA) is 48.1 Å². The zero-order valence-corrected chi connectivity index (χ0v) is 14.0. The van der Waals surface area contributed by atoms with Crippen molar-refractivity contribution in [1.29, 1.82) is 0 Å². The van der Waals surface area contributed by atoms with Crippen LogP contribution in [0, 0.1) is 5.92 Å². The van der Waals surface area contributed by atoms with E-state index in [0.29, 0.717) is 5.92 Å². The Morgan fingerprint density at radius 1 is 1.26 bits per heavy atom. The van der Waals surface area contributed by atoms with Crippen molar-refractivity contribution in [3.05, 3.63) is 35.7 Å². The molecule has 124 valence electrons. The lowest BCUT2D eigenvalue weighted by Gasteiger charge is -2.32. The molecule has 1 fully saturated rings. The fourth-order valence-electron chi connectivity index (χ4n) is 3.53. The molecule has 0 radical (unpaired) electrons. The van der Waals surface area contributed by atoms with Crippen LogP contribution in [0.5, 0.6) is 0 Å². The van der Waals surface area contributed by atoms with Gasteiger partial charge in [0.2, 0.25) is 0 Å². The highest BCUT2D eigenvalue weighted by Crippen LogP contribution is 2.31. The van der Waals surface area contributed by atoms with Crippen LogP contribution in [-0.2, 0) is 31.9 Å². The summed E-state index contributed by atoms with van der Waals surface area (Å²) in [5.74, 6) is 1.22. The minimum atomic E-state index is 0.404. The first-order chi connectivity index (χ1) is 11.2. The fraction of sp³-hybridized carbons (Fsp3) is 0.647. The van der Waals surface area contributed by atoms with Crippen molar-refractivity contribution < 1.29 is 4.74 Å². The van der Waals surface area contributed by atoms with Crippen molar-refractivity contribution >= 4 is 0 Å². The number of fused-ring (bicyclic) bond motifs is 1. The molecular formula is C17H25N5O. The van der Waals surface area contributed by atoms with Crippen molar-refractivity contribution in [3.63, 3.8) is 0 Å². The van der Waals surface area contributed by atoms with Crippen molar-refractivity contribution in [1.82, 2.24) is 24.2 Å². The van der Waals surface area contributed by atoms with E-state index >= 15 is 0 Å². The molecule has 3 heterocycles. The van der Waals surface area contributed by atoms with Gasteiger partial charge in [0.05, 0.1) is 24.8 Å². The molecule has 2 aliphatic rings. The lowest BCUT2D eigenvalue weighted by molar-refractivity contribution is 0.0867. The van der Waals surface area contributed by atoms with E-state index in [1.807, 2.05) is 24.3 Å². The summed E-state index contributed by atoms with van der Waals surface area (Å²) in [6.07, 6.45) is 8.66. The first-order valence-corrected chi connectivity index (χ1v) is 8.46. The summed E-state index contributed by atoms with van der Waals surface area (Å²) >= 11 is 0. The molecule has 23 heavy (non-hydrogen) atoms. The molecular weight excluding hydrogens is 290 g/mol. The van der Waals surface area contributed by atoms with E-state index in [0.717, 1.165) is 38.8 Å². The molecule has 4 rings (SSSR count). The Morgan fingerprint density at radius 3 is 2.87 bits per heavy atom. The van der Waals surface area contributed by atoms with Crippen LogP contribution >= 0.6 is 0 Å². The highest BCUT2D eigenvalue weighted by atomic mass is 16.5. The zero-order chi connectivity index (χ0) is 15.8. The number of ether oxygens (including phenoxy) is 1. The number of aryl methyl sites for hydroxylation is 2. The zero-order valence-electron chi connectivity index (χ0n) is 14.0. The van der Waals surface area contributed by atoms with Crippen LogP contribution in [-0.4, -0.2) is 44.0 Å². The molecule has 1 saturated carbocycles. The summed E-state index contributed by atoms with van der Waals surface area (Å²) < 4.78 is 10.0. The number of hydrogen-bond donors (Lipinski definition) is 0. The van der Waals surface area contributed by atoms with Crippen LogP contribution in [0.25, 0.3) is 0 Å². The van der Waals surface area contributed by atoms with E-state index in [9.17, 15) is 0 Å². The average molecular weight is 315 g/mol. The molecule has 0 N–H and O–H groups in total. The Hall–Kier alpha value is -1.66. The third-order valence-electron chi connectivity index (χ3n) is 4.84. The molecule has 0 unspecified atom stereocenters. The van der Waals surface area contributed by atoms with Gasteiger partial charge in [0, 0.05) is 63.7 Å². The maximum absolute atomic E-state index is 6.00. The van der Waals surface area contributed by atoms with Crippen LogP contribution in [0.1, 0.15) is 35.7 Å². The van der Waals surface area contributed by atoms with Gasteiger partial charge in [0.15, 0.2) is 0 Å². The van der Waals surface area contributed by atoms with Crippen molar-refractivity contribution in [2.45, 2.75) is 31.8 Å². The Bertz CT molecular complexity index is 672. The molecule has 1 atom stereocenters. The van der Waals surface area contributed by atoms with Gasteiger partial charge in [0.25, 0.3) is 0 Å². The highest BCUT2D eigenvalue weighted by Gasteiger charge is 2.30. The molecule has 0 amide bonds. The Morgan fingerprint density at radius 2 is 2.13 bits per heavy atom. The maximum Gasteiger partial charge on any atom is 0.0949 e. The fourth-order valence-corrected chi connectivity index (χ4v) is 3.53. The SMILES string of the molecule is Cn1cc(CN2Cc3ncn(C)c3[C@@H](COCC3CC3)C2)cn1. The predicted octanol–water partition coefficient (Wildman–Crippen LogP) is 1.68. The minimum absolute atomic E-state index is 0.404. The van der Waals surface area contributed by atoms with Gasteiger partial charge in [-0.15, -0.1) is 0 Å². The predicted molar refractivity (Wildman–Crippen MR) is 86.8 cm³/mol. The van der Waals surface area contributed by atoms with Crippen LogP contribution in [0.4, 0.5) is 0 Å². The Balaban J connectivity index is 1.45. The van der Waals surface area contributed by atoms with E-state index in [1.165, 1.54) is 29.8 Å². The lowest BCUT2D eigenvalue weighted by atomic mass is 9.98. The van der Waals surface area contributed by atoms with Crippen LogP contribution in [0.15, 0.2) is 18.7 Å². The summed E-state index contributed by atoms with van der Waals surface area (Å²) in [5, 5.41) is 4.27. The van der Waals surface area contributed by atoms with Crippen molar-refractivity contribution in [2.75, 3.05) is 19.8 Å². The van der Waals surface area contributed by atoms with Crippen LogP contribution in [0.3, 0.4) is 0 Å². The minimum Gasteiger partial charge on any atom is -0.380 e. The third kappa shape index (κ3) is 3.33. The number of aromatic nitrogens is 4. The second-order valence-corrected chi connectivity index (χ2v) is 7.06. The number of nitrogens with zero attached hydrogens (tertiary/aromatic N) is 5. The normalized spacial score (nSPS) is 21.6. The first kappa shape index (κ1) is 14.9. The molecule has 0 aromatic carbocycles. The second-order valence-electron chi connectivity index (χ2n) is 7.06. The van der Waals surface area contributed by atoms with Gasteiger partial charge in [-0.25, -0.2) is 4.98 Å². The number of imidazole rings is 1. The van der Waals surface area contributed by atoms with E-state index in [4.69, 9.17) is 4.74 Å². The van der Waals surface area contributed by atoms with Crippen molar-refractivity contribution in [3.8, 4) is 0 Å². The largest absolute Gasteiger partial charge is 0.380 e. The molecule has 2 aromatic heterocycles. The van der Waals surface area contributed by atoms with Gasteiger partial charge < -0.3 is 9.30 Å². The molecule has 0 spiro atoms. The number of rotatable bonds is 6. The van der Waals surface area contributed by atoms with E-state index < -0.39 is 0 Å². The smallest absolute Gasteiger partial charge is 0.0949 e. The average Bonchev–Trinajstić information content (AvgIpc) is 3.15. The van der Waals surface area contributed by atoms with Gasteiger partial charge in [-0.05, 0) is 18.8 Å². The molecule has 6 heteroatoms. The first-order valence-electron chi connectivity index (χ1n) is 8.46. The van der Waals surface area contributed by atoms with E-state index in [2.05, 4.69) is 32.8 Å². The van der Waals surface area contributed by atoms with Gasteiger partial charge >= 0.3 is 0 Å². The van der Waals surface area contributed by atoms with Crippen LogP contribution < -0.4 is 0 Å². The standard InChI is InChI=1S/C17H25N5O/c1-20-12-18-16-9-22(7-14-5-19-21(2)6-14)8-15(17(16)20)11-23-10-13-3-4-13/h5-6,12-13,15H,3-4,7-11H2,1-2H3/t15-/m1/s1. The summed E-state index contributed by atoms with van der Waals surface area (Å²) in [4.78, 5) is 7.06. The van der Waals surface area contributed by atoms with Gasteiger partial charge in [-0.1, -0.05) is 0 Å². The molecule has 6 nitrogen and oxygen atoms in total. The Labute approximate surface area is 137 Å². The summed E-state index contributed by atoms with van der Waals surface area (Å²) in [7, 11) is 4.06. The monoisotopic (exact) mass is 315 g/mol. The van der Waals surface area contributed by atoms with Gasteiger partial charge in [-0.2, -0.15) is 5.10 Å². The van der Waals surface area contributed by atoms with E-state index in [1.54, 1.807) is 0 Å². The summed E-state index contributed by atoms with van der Waals surface area (Å²) in [6.45, 7) is 4.57. The molecule has 1 aliphatic heterocycles. The quantitative estimate of drug-likeness (QED) is 0.814. The number of hydrogen-bond acceptors (Lipinski definition) is 4. The van der Waals surface area contributed by atoms with Crippen molar-refractivity contribution in [2.24, 2.45) is 20.0 Å². The van der Waals surface area contributed by atoms with E-state index in [-0.39, 0.29) is 0 Å². The molecule has 1 aliphatic carbocycles. The summed E-state index contributed by atoms with van der Waals surface area (Å²) in [5.41, 5.74) is 3.80. The second kappa shape index (κ2) is 6.09. The maximum atomic E-state index is 6.00. The summed E-state index contributed by atoms with van der Waals surface area (Å²) in [6, 6.07) is 0. The van der Waals surface area contributed by atoms with Gasteiger partial charge in [0.1, 0.15) is 0 Å². The molecule has 2 aromatic rings. The third-order valence-corrected chi connectivity index (χ3v) is 4.84. The Kier molecular flexibility index (Phi) is 3.95. The molecule has 0 saturated heterocycles.